The minimum atomic E-state index is -2.66. The van der Waals surface area contributed by atoms with Crippen LogP contribution in [0.5, 0.6) is 0 Å². The Kier molecular flexibility index (Phi) is 39.3. The van der Waals surface area contributed by atoms with Gasteiger partial charge < -0.3 is 75.8 Å². The molecule has 0 saturated heterocycles. The lowest BCUT2D eigenvalue weighted by molar-refractivity contribution is -0.650. The second-order valence-corrected chi connectivity index (χ2v) is 18.8. The molecule has 0 amide bonds. The van der Waals surface area contributed by atoms with Crippen molar-refractivity contribution < 1.29 is 80.5 Å². The molecule has 0 fully saturated rings. The normalized spacial score (nSPS) is 13.8. The number of unbranched alkanes of at least 4 members (excludes halogenated alkanes) is 6. The van der Waals surface area contributed by atoms with E-state index in [1.165, 1.54) is 0 Å². The van der Waals surface area contributed by atoms with Gasteiger partial charge in [0.15, 0.2) is 0 Å². The van der Waals surface area contributed by atoms with Gasteiger partial charge in [-0.3, -0.25) is 4.74 Å². The summed E-state index contributed by atoms with van der Waals surface area (Å²) in [7, 11) is 0. The van der Waals surface area contributed by atoms with Crippen LogP contribution in [0, 0.1) is 11.8 Å². The van der Waals surface area contributed by atoms with Crippen LogP contribution in [0.25, 0.3) is 0 Å². The van der Waals surface area contributed by atoms with Crippen LogP contribution < -0.4 is 0 Å². The lowest BCUT2D eigenvalue weighted by atomic mass is 9.86. The van der Waals surface area contributed by atoms with E-state index in [4.69, 9.17) is 80.5 Å². The van der Waals surface area contributed by atoms with E-state index < -0.39 is 46.7 Å². The first kappa shape index (κ1) is 74.3. The molecular formula is C58H118O17. The molecule has 0 aliphatic heterocycles. The van der Waals surface area contributed by atoms with Crippen LogP contribution in [-0.2, 0) is 80.5 Å². The summed E-state index contributed by atoms with van der Waals surface area (Å²) >= 11 is 0. The lowest BCUT2D eigenvalue weighted by Crippen LogP contribution is -2.86. The van der Waals surface area contributed by atoms with Gasteiger partial charge in [-0.15, -0.1) is 0 Å². The minimum Gasteiger partial charge on any atom is -0.345 e. The van der Waals surface area contributed by atoms with Crippen LogP contribution in [0.1, 0.15) is 216 Å². The van der Waals surface area contributed by atoms with Crippen molar-refractivity contribution in [3.63, 3.8) is 0 Å². The molecule has 0 N–H and O–H groups in total. The molecule has 0 atom stereocenters. The van der Waals surface area contributed by atoms with Gasteiger partial charge in [0.2, 0.25) is 11.6 Å². The molecule has 452 valence electrons. The van der Waals surface area contributed by atoms with Crippen molar-refractivity contribution in [2.24, 2.45) is 11.8 Å². The molecule has 75 heavy (non-hydrogen) atoms. The molecule has 0 spiro atoms. The monoisotopic (exact) mass is 1090 g/mol. The summed E-state index contributed by atoms with van der Waals surface area (Å²) in [5.74, 6) is -17.1. The molecular weight excluding hydrogens is 969 g/mol. The van der Waals surface area contributed by atoms with Gasteiger partial charge in [0.1, 0.15) is 0 Å². The SMILES string of the molecule is CCOC(CCCCCCC(C)C)(OCC)C(OCC)(OCC)C(OCC)(OCC)C(OCC)(OCC)OC(OCC)(OCC)C(OCC)(OCC)C(OCC)(OCC)C(CCCCCCC(C)C)(OCC)OCC. The maximum Gasteiger partial charge on any atom is 0.351 e. The predicted molar refractivity (Wildman–Crippen MR) is 294 cm³/mol. The largest absolute Gasteiger partial charge is 0.351 e. The van der Waals surface area contributed by atoms with Gasteiger partial charge in [0.05, 0.1) is 0 Å². The molecule has 0 heterocycles. The van der Waals surface area contributed by atoms with Crippen molar-refractivity contribution in [2.75, 3.05) is 106 Å². The van der Waals surface area contributed by atoms with E-state index in [0.29, 0.717) is 24.7 Å². The van der Waals surface area contributed by atoms with E-state index in [1.807, 2.05) is 83.1 Å². The Balaban J connectivity index is 9.97. The van der Waals surface area contributed by atoms with Crippen molar-refractivity contribution in [3.8, 4) is 0 Å². The van der Waals surface area contributed by atoms with Crippen LogP contribution >= 0.6 is 0 Å². The fourth-order valence-electron chi connectivity index (χ4n) is 10.4. The summed E-state index contributed by atoms with van der Waals surface area (Å²) in [5, 5.41) is 0. The Morgan fingerprint density at radius 2 is 0.427 bits per heavy atom. The Bertz CT molecular complexity index is 1200. The highest BCUT2D eigenvalue weighted by molar-refractivity contribution is 5.11. The Labute approximate surface area is 458 Å². The summed E-state index contributed by atoms with van der Waals surface area (Å²) in [5.41, 5.74) is 0. The second-order valence-electron chi connectivity index (χ2n) is 18.8. The third-order valence-corrected chi connectivity index (χ3v) is 12.6. The van der Waals surface area contributed by atoms with Crippen molar-refractivity contribution in [1.29, 1.82) is 0 Å². The highest BCUT2D eigenvalue weighted by Crippen LogP contribution is 2.59. The Morgan fingerprint density at radius 1 is 0.227 bits per heavy atom. The van der Waals surface area contributed by atoms with Crippen LogP contribution in [0.3, 0.4) is 0 Å². The van der Waals surface area contributed by atoms with E-state index in [9.17, 15) is 0 Å². The quantitative estimate of drug-likeness (QED) is 0.0418. The third kappa shape index (κ3) is 18.2. The predicted octanol–water partition coefficient (Wildman–Crippen LogP) is 13.1. The van der Waals surface area contributed by atoms with Gasteiger partial charge in [0, 0.05) is 119 Å². The molecule has 0 radical (unpaired) electrons. The van der Waals surface area contributed by atoms with E-state index in [1.54, 1.807) is 27.7 Å². The maximum atomic E-state index is 7.86. The molecule has 17 nitrogen and oxygen atoms in total. The van der Waals surface area contributed by atoms with Crippen LogP contribution in [0.4, 0.5) is 0 Å². The van der Waals surface area contributed by atoms with E-state index >= 15 is 0 Å². The fourth-order valence-corrected chi connectivity index (χ4v) is 10.4. The van der Waals surface area contributed by atoms with Crippen LogP contribution in [0.2, 0.25) is 0 Å². The van der Waals surface area contributed by atoms with E-state index in [-0.39, 0.29) is 119 Å². The van der Waals surface area contributed by atoms with Gasteiger partial charge in [0.25, 0.3) is 11.6 Å². The van der Waals surface area contributed by atoms with Gasteiger partial charge in [-0.2, -0.15) is 0 Å². The molecule has 0 aromatic carbocycles. The van der Waals surface area contributed by atoms with Gasteiger partial charge in [-0.05, 0) is 135 Å². The van der Waals surface area contributed by atoms with Gasteiger partial charge in [-0.1, -0.05) is 79.1 Å². The summed E-state index contributed by atoms with van der Waals surface area (Å²) in [4.78, 5) is 0. The molecule has 0 saturated carbocycles. The average Bonchev–Trinajstić information content (AvgIpc) is 3.35. The van der Waals surface area contributed by atoms with Gasteiger partial charge in [-0.25, -0.2) is 0 Å². The zero-order valence-corrected chi connectivity index (χ0v) is 51.9. The highest BCUT2D eigenvalue weighted by atomic mass is 17.0. The maximum absolute atomic E-state index is 7.86. The number of rotatable bonds is 54. The topological polar surface area (TPSA) is 157 Å². The smallest absolute Gasteiger partial charge is 0.345 e. The van der Waals surface area contributed by atoms with Crippen molar-refractivity contribution in [3.05, 3.63) is 0 Å². The second kappa shape index (κ2) is 39.7. The van der Waals surface area contributed by atoms with Crippen LogP contribution in [-0.4, -0.2) is 152 Å². The molecule has 17 heteroatoms. The van der Waals surface area contributed by atoms with Crippen LogP contribution in [0.15, 0.2) is 0 Å². The fraction of sp³-hybridized carbons (Fsp3) is 1.00. The van der Waals surface area contributed by atoms with Gasteiger partial charge >= 0.3 is 23.5 Å². The van der Waals surface area contributed by atoms with Crippen molar-refractivity contribution in [1.82, 2.24) is 0 Å². The summed E-state index contributed by atoms with van der Waals surface area (Å²) in [6.07, 6.45) is 10.0. The first-order valence-corrected chi connectivity index (χ1v) is 29.9. The first-order valence-electron chi connectivity index (χ1n) is 29.9. The molecule has 0 aliphatic carbocycles. The van der Waals surface area contributed by atoms with Crippen molar-refractivity contribution >= 4 is 0 Å². The lowest BCUT2D eigenvalue weighted by Gasteiger charge is -2.63. The van der Waals surface area contributed by atoms with E-state index in [0.717, 1.165) is 51.4 Å². The average molecular weight is 1090 g/mol. The third-order valence-electron chi connectivity index (χ3n) is 12.6. The molecule has 0 bridgehead atoms. The van der Waals surface area contributed by atoms with E-state index in [2.05, 4.69) is 27.7 Å². The standard InChI is InChI=1S/C58H118O17/c1-21-59-51(60-22-2,47-43-39-37-41-45-49(17)18)53(63-25-5,64-26-6)55(67-29-9,68-30-10)57(71-33-13,72-34-14)75-58(73-35-15,74-36-16)56(69-31-11,70-32-12)54(65-27-7,66-28-8)52(61-23-3,62-24-4)48-44-40-38-42-46-50(19)20/h49-50H,21-48H2,1-20H3. The zero-order valence-electron chi connectivity index (χ0n) is 51.9. The summed E-state index contributed by atoms with van der Waals surface area (Å²) in [6.45, 7) is 39.2. The minimum absolute atomic E-state index is 0.0220. The summed E-state index contributed by atoms with van der Waals surface area (Å²) < 4.78 is 122. The molecule has 0 aliphatic rings. The molecule has 0 aromatic heterocycles. The van der Waals surface area contributed by atoms with Crippen molar-refractivity contribution in [2.45, 2.75) is 262 Å². The molecule has 0 unspecified atom stereocenters. The highest BCUT2D eigenvalue weighted by Gasteiger charge is 2.86. The molecule has 0 rings (SSSR count). The number of ether oxygens (including phenoxy) is 17. The summed E-state index contributed by atoms with van der Waals surface area (Å²) in [6, 6.07) is 0. The Hall–Kier alpha value is -0.680. The first-order chi connectivity index (χ1) is 36.0. The molecule has 0 aromatic rings. The Morgan fingerprint density at radius 3 is 0.627 bits per heavy atom. The number of hydrogen-bond donors (Lipinski definition) is 0. The zero-order chi connectivity index (χ0) is 57.0. The number of hydrogen-bond acceptors (Lipinski definition) is 17.